The van der Waals surface area contributed by atoms with Crippen LogP contribution in [0.3, 0.4) is 0 Å². The lowest BCUT2D eigenvalue weighted by atomic mass is 10.1. The minimum Gasteiger partial charge on any atom is -0.462 e. The largest absolute Gasteiger partial charge is 0.462 e. The van der Waals surface area contributed by atoms with Gasteiger partial charge in [0, 0.05) is 20.3 Å². The van der Waals surface area contributed by atoms with E-state index in [0.717, 1.165) is 0 Å². The van der Waals surface area contributed by atoms with Crippen LogP contribution in [0.5, 0.6) is 0 Å². The van der Waals surface area contributed by atoms with Crippen molar-refractivity contribution in [1.82, 2.24) is 0 Å². The van der Waals surface area contributed by atoms with Gasteiger partial charge in [-0.25, -0.2) is 0 Å². The van der Waals surface area contributed by atoms with E-state index in [2.05, 4.69) is 33.9 Å². The first kappa shape index (κ1) is 24.4. The van der Waals surface area contributed by atoms with Crippen LogP contribution in [0.4, 0.5) is 0 Å². The predicted molar refractivity (Wildman–Crippen MR) is 107 cm³/mol. The SMILES string of the molecule is CC(=O)O[C@H]1/C=C/[C@@H](O[Si](C)(C)C(C)(C)C)C[C@@H](C)OC(=O)C[C@@H]1OC(C)=O. The fourth-order valence-electron chi connectivity index (χ4n) is 2.64. The molecular formula is C20H34O7Si. The van der Waals surface area contributed by atoms with Crippen molar-refractivity contribution in [2.24, 2.45) is 0 Å². The van der Waals surface area contributed by atoms with E-state index in [4.69, 9.17) is 18.6 Å². The molecule has 0 spiro atoms. The molecule has 0 radical (unpaired) electrons. The van der Waals surface area contributed by atoms with E-state index in [9.17, 15) is 14.4 Å². The maximum absolute atomic E-state index is 12.3. The van der Waals surface area contributed by atoms with Gasteiger partial charge in [0.15, 0.2) is 20.5 Å². The van der Waals surface area contributed by atoms with Crippen molar-refractivity contribution in [3.8, 4) is 0 Å². The second kappa shape index (κ2) is 9.69. The number of cyclic esters (lactones) is 1. The van der Waals surface area contributed by atoms with Crippen molar-refractivity contribution in [3.05, 3.63) is 12.2 Å². The smallest absolute Gasteiger partial charge is 0.309 e. The van der Waals surface area contributed by atoms with E-state index in [1.807, 2.05) is 6.08 Å². The zero-order valence-corrected chi connectivity index (χ0v) is 19.2. The lowest BCUT2D eigenvalue weighted by molar-refractivity contribution is -0.168. The molecular weight excluding hydrogens is 380 g/mol. The van der Waals surface area contributed by atoms with E-state index in [1.165, 1.54) is 13.8 Å². The van der Waals surface area contributed by atoms with Gasteiger partial charge in [-0.05, 0) is 31.1 Å². The van der Waals surface area contributed by atoms with Crippen molar-refractivity contribution in [2.45, 2.75) is 96.9 Å². The van der Waals surface area contributed by atoms with Gasteiger partial charge in [-0.3, -0.25) is 14.4 Å². The molecule has 1 heterocycles. The highest BCUT2D eigenvalue weighted by Gasteiger charge is 2.39. The fraction of sp³-hybridized carbons (Fsp3) is 0.750. The second-order valence-electron chi connectivity index (χ2n) is 8.76. The Morgan fingerprint density at radius 3 is 2.18 bits per heavy atom. The number of carbonyl (C=O) groups is 3. The molecule has 160 valence electrons. The summed E-state index contributed by atoms with van der Waals surface area (Å²) in [5.74, 6) is -1.62. The third kappa shape index (κ3) is 7.75. The summed E-state index contributed by atoms with van der Waals surface area (Å²) in [7, 11) is -2.09. The maximum Gasteiger partial charge on any atom is 0.309 e. The number of esters is 3. The first-order valence-electron chi connectivity index (χ1n) is 9.61. The highest BCUT2D eigenvalue weighted by atomic mass is 28.4. The van der Waals surface area contributed by atoms with Gasteiger partial charge >= 0.3 is 17.9 Å². The van der Waals surface area contributed by atoms with Crippen molar-refractivity contribution in [2.75, 3.05) is 0 Å². The van der Waals surface area contributed by atoms with Gasteiger partial charge in [0.05, 0.1) is 12.5 Å². The number of carbonyl (C=O) groups excluding carboxylic acids is 3. The van der Waals surface area contributed by atoms with Gasteiger partial charge in [0.25, 0.3) is 0 Å². The minimum atomic E-state index is -2.09. The molecule has 0 N–H and O–H groups in total. The molecule has 1 aliphatic rings. The van der Waals surface area contributed by atoms with Crippen LogP contribution in [0.15, 0.2) is 12.2 Å². The highest BCUT2D eigenvalue weighted by Crippen LogP contribution is 2.38. The molecule has 7 nitrogen and oxygen atoms in total. The molecule has 0 aromatic heterocycles. The van der Waals surface area contributed by atoms with Crippen LogP contribution in [-0.4, -0.2) is 50.6 Å². The lowest BCUT2D eigenvalue weighted by Gasteiger charge is -2.39. The molecule has 0 saturated carbocycles. The van der Waals surface area contributed by atoms with Crippen molar-refractivity contribution in [1.29, 1.82) is 0 Å². The van der Waals surface area contributed by atoms with E-state index < -0.39 is 38.4 Å². The van der Waals surface area contributed by atoms with Gasteiger partial charge in [0.1, 0.15) is 6.10 Å². The predicted octanol–water partition coefficient (Wildman–Crippen LogP) is 3.52. The zero-order chi connectivity index (χ0) is 21.7. The first-order valence-corrected chi connectivity index (χ1v) is 12.5. The van der Waals surface area contributed by atoms with Crippen LogP contribution in [0.25, 0.3) is 0 Å². The maximum atomic E-state index is 12.3. The van der Waals surface area contributed by atoms with E-state index in [0.29, 0.717) is 6.42 Å². The van der Waals surface area contributed by atoms with Crippen molar-refractivity contribution >= 4 is 26.2 Å². The Kier molecular flexibility index (Phi) is 8.43. The summed E-state index contributed by atoms with van der Waals surface area (Å²) < 4.78 is 22.5. The van der Waals surface area contributed by atoms with Crippen molar-refractivity contribution in [3.63, 3.8) is 0 Å². The monoisotopic (exact) mass is 414 g/mol. The van der Waals surface area contributed by atoms with Crippen LogP contribution >= 0.6 is 0 Å². The molecule has 0 fully saturated rings. The Balaban J connectivity index is 3.21. The van der Waals surface area contributed by atoms with E-state index in [-0.39, 0.29) is 23.7 Å². The van der Waals surface area contributed by atoms with Gasteiger partial charge in [0.2, 0.25) is 0 Å². The molecule has 0 aliphatic carbocycles. The normalized spacial score (nSPS) is 28.1. The number of ether oxygens (including phenoxy) is 3. The average molecular weight is 415 g/mol. The molecule has 1 rings (SSSR count). The summed E-state index contributed by atoms with van der Waals surface area (Å²) in [6.07, 6.45) is 1.22. The van der Waals surface area contributed by atoms with Gasteiger partial charge in [-0.1, -0.05) is 26.8 Å². The van der Waals surface area contributed by atoms with Crippen LogP contribution in [-0.2, 0) is 33.0 Å². The molecule has 0 aromatic carbocycles. The molecule has 0 unspecified atom stereocenters. The van der Waals surface area contributed by atoms with Gasteiger partial charge in [-0.2, -0.15) is 0 Å². The summed E-state index contributed by atoms with van der Waals surface area (Å²) in [6, 6.07) is 0. The summed E-state index contributed by atoms with van der Waals surface area (Å²) in [5.41, 5.74) is 0. The Morgan fingerprint density at radius 2 is 1.68 bits per heavy atom. The fourth-order valence-corrected chi connectivity index (χ4v) is 3.92. The number of rotatable bonds is 4. The van der Waals surface area contributed by atoms with Crippen LogP contribution < -0.4 is 0 Å². The quantitative estimate of drug-likeness (QED) is 0.301. The Hall–Kier alpha value is -1.67. The van der Waals surface area contributed by atoms with E-state index in [1.54, 1.807) is 13.0 Å². The molecule has 0 amide bonds. The molecule has 4 atom stereocenters. The van der Waals surface area contributed by atoms with Gasteiger partial charge < -0.3 is 18.6 Å². The summed E-state index contributed by atoms with van der Waals surface area (Å²) in [6.45, 7) is 15.0. The second-order valence-corrected chi connectivity index (χ2v) is 13.5. The first-order chi connectivity index (χ1) is 12.7. The molecule has 8 heteroatoms. The molecule has 0 saturated heterocycles. The Morgan fingerprint density at radius 1 is 1.11 bits per heavy atom. The zero-order valence-electron chi connectivity index (χ0n) is 18.2. The Labute approximate surface area is 168 Å². The van der Waals surface area contributed by atoms with Crippen molar-refractivity contribution < 1.29 is 33.0 Å². The summed E-state index contributed by atoms with van der Waals surface area (Å²) >= 11 is 0. The van der Waals surface area contributed by atoms with Gasteiger partial charge in [-0.15, -0.1) is 0 Å². The third-order valence-corrected chi connectivity index (χ3v) is 9.52. The standard InChI is InChI=1S/C20H34O7Si/c1-13-11-16(27-28(7,8)20(4,5)6)9-10-17(25-14(2)21)18(26-15(3)22)12-19(23)24-13/h9-10,13,16-18H,11-12H2,1-8H3/b10-9+/t13-,16-,17+,18+/m1/s1. The summed E-state index contributed by atoms with van der Waals surface area (Å²) in [5, 5.41) is 0.00559. The highest BCUT2D eigenvalue weighted by molar-refractivity contribution is 6.74. The third-order valence-electron chi connectivity index (χ3n) is 5.02. The van der Waals surface area contributed by atoms with E-state index >= 15 is 0 Å². The van der Waals surface area contributed by atoms with Crippen LogP contribution in [0.1, 0.15) is 54.4 Å². The van der Waals surface area contributed by atoms with Crippen LogP contribution in [0, 0.1) is 0 Å². The minimum absolute atomic E-state index is 0.00559. The number of hydrogen-bond acceptors (Lipinski definition) is 7. The molecule has 0 bridgehead atoms. The molecule has 0 aromatic rings. The van der Waals surface area contributed by atoms with Crippen LogP contribution in [0.2, 0.25) is 18.1 Å². The topological polar surface area (TPSA) is 88.1 Å². The molecule has 28 heavy (non-hydrogen) atoms. The lowest BCUT2D eigenvalue weighted by Crippen LogP contribution is -2.45. The Bertz CT molecular complexity index is 606. The average Bonchev–Trinajstić information content (AvgIpc) is 2.47. The number of hydrogen-bond donors (Lipinski definition) is 0. The summed E-state index contributed by atoms with van der Waals surface area (Å²) in [4.78, 5) is 35.3. The molecule has 1 aliphatic heterocycles.